The van der Waals surface area contributed by atoms with E-state index in [1.165, 1.54) is 15.0 Å². The van der Waals surface area contributed by atoms with Crippen molar-refractivity contribution in [2.75, 3.05) is 6.54 Å². The molecule has 1 aliphatic rings. The van der Waals surface area contributed by atoms with E-state index in [9.17, 15) is 9.90 Å². The van der Waals surface area contributed by atoms with E-state index < -0.39 is 5.97 Å². The Bertz CT molecular complexity index is 560. The van der Waals surface area contributed by atoms with Crippen LogP contribution in [0.15, 0.2) is 30.3 Å². The number of hydrogen-bond acceptors (Lipinski definition) is 3. The molecule has 3 nitrogen and oxygen atoms in total. The van der Waals surface area contributed by atoms with Gasteiger partial charge in [0, 0.05) is 16.1 Å². The van der Waals surface area contributed by atoms with Crippen LogP contribution in [-0.4, -0.2) is 28.6 Å². The maximum absolute atomic E-state index is 11.3. The van der Waals surface area contributed by atoms with Crippen LogP contribution < -0.4 is 0 Å². The lowest BCUT2D eigenvalue weighted by Crippen LogP contribution is -2.43. The summed E-state index contributed by atoms with van der Waals surface area (Å²) >= 11 is 1.77. The molecule has 0 aliphatic carbocycles. The van der Waals surface area contributed by atoms with Crippen molar-refractivity contribution >= 4 is 27.4 Å². The molecule has 1 aromatic heterocycles. The number of aliphatic carboxylic acids is 1. The first-order valence-corrected chi connectivity index (χ1v) is 7.50. The Morgan fingerprint density at radius 3 is 3.00 bits per heavy atom. The van der Waals surface area contributed by atoms with Crippen LogP contribution in [0.4, 0.5) is 0 Å². The van der Waals surface area contributed by atoms with Gasteiger partial charge in [-0.25, -0.2) is 0 Å². The van der Waals surface area contributed by atoms with Crippen molar-refractivity contribution in [1.82, 2.24) is 4.90 Å². The monoisotopic (exact) mass is 275 g/mol. The van der Waals surface area contributed by atoms with Gasteiger partial charge in [0.25, 0.3) is 0 Å². The van der Waals surface area contributed by atoms with Crippen molar-refractivity contribution in [2.24, 2.45) is 0 Å². The van der Waals surface area contributed by atoms with Gasteiger partial charge in [0.15, 0.2) is 0 Å². The maximum Gasteiger partial charge on any atom is 0.320 e. The molecule has 1 fully saturated rings. The number of likely N-dealkylation sites (tertiary alicyclic amines) is 1. The molecule has 1 unspecified atom stereocenters. The van der Waals surface area contributed by atoms with Crippen LogP contribution in [0.25, 0.3) is 10.1 Å². The second kappa shape index (κ2) is 5.31. The van der Waals surface area contributed by atoms with Gasteiger partial charge in [-0.05, 0) is 36.9 Å². The molecule has 0 amide bonds. The van der Waals surface area contributed by atoms with E-state index >= 15 is 0 Å². The molecule has 1 aromatic carbocycles. The van der Waals surface area contributed by atoms with Gasteiger partial charge in [-0.2, -0.15) is 0 Å². The average Bonchev–Trinajstić information content (AvgIpc) is 2.81. The first-order valence-electron chi connectivity index (χ1n) is 6.68. The Labute approximate surface area is 116 Å². The molecule has 2 aromatic rings. The number of piperidine rings is 1. The number of nitrogens with zero attached hydrogens (tertiary/aromatic N) is 1. The number of benzene rings is 1. The number of carboxylic acid groups (broad SMARTS) is 1. The van der Waals surface area contributed by atoms with Crippen LogP contribution in [0.3, 0.4) is 0 Å². The molecule has 0 radical (unpaired) electrons. The summed E-state index contributed by atoms with van der Waals surface area (Å²) < 4.78 is 1.28. The van der Waals surface area contributed by atoms with Crippen LogP contribution in [0, 0.1) is 0 Å². The van der Waals surface area contributed by atoms with Gasteiger partial charge in [-0.15, -0.1) is 11.3 Å². The van der Waals surface area contributed by atoms with Crippen molar-refractivity contribution < 1.29 is 9.90 Å². The van der Waals surface area contributed by atoms with Gasteiger partial charge in [-0.1, -0.05) is 24.6 Å². The van der Waals surface area contributed by atoms with Crippen LogP contribution >= 0.6 is 11.3 Å². The zero-order chi connectivity index (χ0) is 13.2. The predicted octanol–water partition coefficient (Wildman–Crippen LogP) is 3.34. The van der Waals surface area contributed by atoms with E-state index in [2.05, 4.69) is 23.1 Å². The molecule has 0 saturated carbocycles. The SMILES string of the molecule is O=C(O)C1CCCCN1Cc1cc2ccccc2s1. The van der Waals surface area contributed by atoms with Crippen molar-refractivity contribution in [3.63, 3.8) is 0 Å². The van der Waals surface area contributed by atoms with Gasteiger partial charge in [0.1, 0.15) is 6.04 Å². The van der Waals surface area contributed by atoms with Gasteiger partial charge in [-0.3, -0.25) is 9.69 Å². The molecule has 4 heteroatoms. The lowest BCUT2D eigenvalue weighted by Gasteiger charge is -2.32. The second-order valence-electron chi connectivity index (χ2n) is 5.07. The fourth-order valence-electron chi connectivity index (χ4n) is 2.77. The fraction of sp³-hybridized carbons (Fsp3) is 0.400. The first-order chi connectivity index (χ1) is 9.24. The van der Waals surface area contributed by atoms with Crippen molar-refractivity contribution in [3.05, 3.63) is 35.2 Å². The third-order valence-electron chi connectivity index (χ3n) is 3.73. The standard InChI is InChI=1S/C15H17NO2S/c17-15(18)13-6-3-4-8-16(13)10-12-9-11-5-1-2-7-14(11)19-12/h1-2,5,7,9,13H,3-4,6,8,10H2,(H,17,18). The summed E-state index contributed by atoms with van der Waals surface area (Å²) in [5, 5.41) is 10.5. The van der Waals surface area contributed by atoms with Crippen LogP contribution in [0.2, 0.25) is 0 Å². The quantitative estimate of drug-likeness (QED) is 0.934. The largest absolute Gasteiger partial charge is 0.480 e. The highest BCUT2D eigenvalue weighted by molar-refractivity contribution is 7.19. The zero-order valence-electron chi connectivity index (χ0n) is 10.7. The highest BCUT2D eigenvalue weighted by atomic mass is 32.1. The van der Waals surface area contributed by atoms with E-state index in [1.54, 1.807) is 11.3 Å². The van der Waals surface area contributed by atoms with Crippen molar-refractivity contribution in [1.29, 1.82) is 0 Å². The third-order valence-corrected chi connectivity index (χ3v) is 4.84. The van der Waals surface area contributed by atoms with E-state index in [1.807, 2.05) is 12.1 Å². The summed E-state index contributed by atoms with van der Waals surface area (Å²) in [7, 11) is 0. The Kier molecular flexibility index (Phi) is 3.53. The molecule has 1 aliphatic heterocycles. The van der Waals surface area contributed by atoms with Gasteiger partial charge < -0.3 is 5.11 Å². The average molecular weight is 275 g/mol. The zero-order valence-corrected chi connectivity index (χ0v) is 11.5. The van der Waals surface area contributed by atoms with E-state index in [0.29, 0.717) is 0 Å². The summed E-state index contributed by atoms with van der Waals surface area (Å²) in [5.74, 6) is -0.680. The predicted molar refractivity (Wildman–Crippen MR) is 77.5 cm³/mol. The highest BCUT2D eigenvalue weighted by Gasteiger charge is 2.28. The number of thiophene rings is 1. The number of hydrogen-bond donors (Lipinski definition) is 1. The van der Waals surface area contributed by atoms with E-state index in [-0.39, 0.29) is 6.04 Å². The molecule has 1 N–H and O–H groups in total. The highest BCUT2D eigenvalue weighted by Crippen LogP contribution is 2.28. The lowest BCUT2D eigenvalue weighted by molar-refractivity contribution is -0.144. The van der Waals surface area contributed by atoms with Crippen LogP contribution in [0.1, 0.15) is 24.1 Å². The summed E-state index contributed by atoms with van der Waals surface area (Å²) in [6, 6.07) is 10.2. The molecule has 0 spiro atoms. The fourth-order valence-corrected chi connectivity index (χ4v) is 3.87. The molecule has 100 valence electrons. The number of carbonyl (C=O) groups is 1. The summed E-state index contributed by atoms with van der Waals surface area (Å²) in [5.41, 5.74) is 0. The normalized spacial score (nSPS) is 20.7. The van der Waals surface area contributed by atoms with Crippen LogP contribution in [-0.2, 0) is 11.3 Å². The smallest absolute Gasteiger partial charge is 0.320 e. The molecule has 19 heavy (non-hydrogen) atoms. The van der Waals surface area contributed by atoms with Gasteiger partial charge >= 0.3 is 5.97 Å². The Balaban J connectivity index is 1.80. The number of rotatable bonds is 3. The lowest BCUT2D eigenvalue weighted by atomic mass is 10.0. The van der Waals surface area contributed by atoms with Crippen LogP contribution in [0.5, 0.6) is 0 Å². The van der Waals surface area contributed by atoms with E-state index in [4.69, 9.17) is 0 Å². The maximum atomic E-state index is 11.3. The minimum Gasteiger partial charge on any atom is -0.480 e. The molecule has 0 bridgehead atoms. The molecule has 2 heterocycles. The minimum absolute atomic E-state index is 0.307. The second-order valence-corrected chi connectivity index (χ2v) is 6.24. The Hall–Kier alpha value is -1.39. The van der Waals surface area contributed by atoms with Gasteiger partial charge in [0.05, 0.1) is 0 Å². The number of carboxylic acids is 1. The summed E-state index contributed by atoms with van der Waals surface area (Å²) in [4.78, 5) is 14.7. The molecule has 1 saturated heterocycles. The molecule has 1 atom stereocenters. The minimum atomic E-state index is -0.680. The Morgan fingerprint density at radius 1 is 1.37 bits per heavy atom. The summed E-state index contributed by atoms with van der Waals surface area (Å²) in [6.45, 7) is 1.65. The van der Waals surface area contributed by atoms with Gasteiger partial charge in [0.2, 0.25) is 0 Å². The number of fused-ring (bicyclic) bond motifs is 1. The third kappa shape index (κ3) is 2.65. The Morgan fingerprint density at radius 2 is 2.21 bits per heavy atom. The molecular formula is C15H17NO2S. The van der Waals surface area contributed by atoms with Crippen molar-refractivity contribution in [3.8, 4) is 0 Å². The van der Waals surface area contributed by atoms with E-state index in [0.717, 1.165) is 32.4 Å². The molecular weight excluding hydrogens is 258 g/mol. The van der Waals surface area contributed by atoms with Crippen molar-refractivity contribution in [2.45, 2.75) is 31.8 Å². The summed E-state index contributed by atoms with van der Waals surface area (Å²) in [6.07, 6.45) is 2.91. The molecule has 3 rings (SSSR count). The topological polar surface area (TPSA) is 40.5 Å². The first kappa shape index (κ1) is 12.6.